The number of ether oxygens (including phenoxy) is 11. The van der Waals surface area contributed by atoms with E-state index < -0.39 is 241 Å². The van der Waals surface area contributed by atoms with E-state index in [2.05, 4.69) is 24.1 Å². The zero-order valence-electron chi connectivity index (χ0n) is 51.0. The smallest absolute Gasteiger partial charge is 0.474 e. The number of unbranched alkanes of at least 4 members (excludes halogenated alkanes) is 6. The summed E-state index contributed by atoms with van der Waals surface area (Å²) in [6.07, 6.45) is -42.4. The van der Waals surface area contributed by atoms with Gasteiger partial charge in [-0.15, -0.1) is 6.58 Å². The molecule has 29 atom stereocenters. The van der Waals surface area contributed by atoms with Gasteiger partial charge in [0.25, 0.3) is 0 Å². The van der Waals surface area contributed by atoms with E-state index in [0.29, 0.717) is 12.8 Å². The van der Waals surface area contributed by atoms with Crippen molar-refractivity contribution >= 4 is 43.5 Å². The zero-order chi connectivity index (χ0) is 68.9. The second-order valence-electron chi connectivity index (χ2n) is 23.1. The average Bonchev–Trinajstić information content (AvgIpc) is 0.756. The first kappa shape index (κ1) is 78.3. The summed E-state index contributed by atoms with van der Waals surface area (Å²) in [5.41, 5.74) is 13.4. The van der Waals surface area contributed by atoms with Crippen LogP contribution >= 0.6 is 7.82 Å². The Morgan fingerprint density at radius 2 is 1.22 bits per heavy atom. The molecule has 0 aromatic rings. The number of hydrogen-bond donors (Lipinski definition) is 18. The number of aliphatic hydroxyl groups excluding tert-OH is 10. The highest BCUT2D eigenvalue weighted by Crippen LogP contribution is 2.49. The van der Waals surface area contributed by atoms with E-state index in [1.54, 1.807) is 0 Å². The maximum Gasteiger partial charge on any atom is 0.474 e. The fourth-order valence-corrected chi connectivity index (χ4v) is 11.8. The first-order valence-electron chi connectivity index (χ1n) is 29.6. The van der Waals surface area contributed by atoms with Gasteiger partial charge in [0.1, 0.15) is 90.9 Å². The van der Waals surface area contributed by atoms with Crippen LogP contribution in [0, 0.1) is 5.92 Å². The summed E-state index contributed by atoms with van der Waals surface area (Å²) in [6.45, 7) is 5.76. The predicted molar refractivity (Wildman–Crippen MR) is 300 cm³/mol. The molecule has 0 aromatic heterocycles. The lowest BCUT2D eigenvalue weighted by Crippen LogP contribution is -2.72. The number of carbonyl (C=O) groups excluding carboxylic acids is 5. The molecule has 5 heterocycles. The monoisotopic (exact) mass is 1360 g/mol. The number of nitrogens with two attached hydrogens (primary N) is 3. The Balaban J connectivity index is 1.50. The molecule has 5 rings (SSSR count). The van der Waals surface area contributed by atoms with E-state index in [0.717, 1.165) is 59.3 Å². The number of phosphoric ester groups is 1. The number of carbonyl (C=O) groups is 6. The summed E-state index contributed by atoms with van der Waals surface area (Å²) in [5, 5.41) is 136. The number of carboxylic acid groups (broad SMARTS) is 1. The molecule has 5 aliphatic heterocycles. The van der Waals surface area contributed by atoms with E-state index in [-0.39, 0.29) is 0 Å². The topological polar surface area (TPSA) is 605 Å². The van der Waals surface area contributed by atoms with Gasteiger partial charge in [-0.05, 0) is 20.3 Å². The van der Waals surface area contributed by atoms with Crippen molar-refractivity contribution in [2.24, 2.45) is 23.1 Å². The minimum atomic E-state index is -5.86. The fraction of sp³-hybridized carbons (Fsp3) is 0.849. The van der Waals surface area contributed by atoms with Gasteiger partial charge < -0.3 is 146 Å². The lowest BCUT2D eigenvalue weighted by Gasteiger charge is -2.52. The molecule has 92 heavy (non-hydrogen) atoms. The number of amides is 5. The molecule has 5 saturated heterocycles. The van der Waals surface area contributed by atoms with Gasteiger partial charge in [0.2, 0.25) is 23.6 Å². The van der Waals surface area contributed by atoms with Gasteiger partial charge in [-0.2, -0.15) is 0 Å². The summed E-state index contributed by atoms with van der Waals surface area (Å²) >= 11 is 0. The summed E-state index contributed by atoms with van der Waals surface area (Å²) in [4.78, 5) is 87.3. The molecule has 5 fully saturated rings. The molecule has 0 saturated carbocycles. The predicted octanol–water partition coefficient (Wildman–Crippen LogP) is -7.22. The highest BCUT2D eigenvalue weighted by Gasteiger charge is 2.62. The number of rotatable bonds is 34. The molecule has 0 spiro atoms. The van der Waals surface area contributed by atoms with Gasteiger partial charge in [0.05, 0.1) is 38.6 Å². The van der Waals surface area contributed by atoms with Crippen molar-refractivity contribution in [2.75, 3.05) is 26.4 Å². The Bertz CT molecular complexity index is 2480. The van der Waals surface area contributed by atoms with Crippen molar-refractivity contribution < 1.29 is 161 Å². The van der Waals surface area contributed by atoms with Crippen LogP contribution in [0.25, 0.3) is 0 Å². The molecule has 38 nitrogen and oxygen atoms in total. The molecule has 3 unspecified atom stereocenters. The van der Waals surface area contributed by atoms with Crippen LogP contribution in [0.1, 0.15) is 86.0 Å². The highest BCUT2D eigenvalue weighted by atomic mass is 31.2. The zero-order valence-corrected chi connectivity index (χ0v) is 51.9. The Morgan fingerprint density at radius 1 is 0.674 bits per heavy atom. The molecular formula is C53H90N5O33P. The van der Waals surface area contributed by atoms with E-state index >= 15 is 0 Å². The lowest BCUT2D eigenvalue weighted by atomic mass is 9.85. The second kappa shape index (κ2) is 35.0. The number of aliphatic carboxylic acids is 1. The normalized spacial score (nSPS) is 39.2. The molecule has 0 radical (unpaired) electrons. The summed E-state index contributed by atoms with van der Waals surface area (Å²) < 4.78 is 87.7. The molecule has 530 valence electrons. The maximum absolute atomic E-state index is 14.0. The summed E-state index contributed by atoms with van der Waals surface area (Å²) in [5.74, 6) is -7.08. The minimum Gasteiger partial charge on any atom is -0.479 e. The number of phosphoric acid groups is 1. The molecule has 0 aliphatic carbocycles. The Kier molecular flexibility index (Phi) is 29.8. The lowest BCUT2D eigenvalue weighted by molar-refractivity contribution is -0.375. The third kappa shape index (κ3) is 20.3. The van der Waals surface area contributed by atoms with Crippen molar-refractivity contribution in [1.82, 2.24) is 10.6 Å². The molecule has 21 N–H and O–H groups in total. The van der Waals surface area contributed by atoms with Crippen LogP contribution in [0.5, 0.6) is 0 Å². The van der Waals surface area contributed by atoms with Crippen molar-refractivity contribution in [3.63, 3.8) is 0 Å². The van der Waals surface area contributed by atoms with E-state index in [1.165, 1.54) is 13.0 Å². The van der Waals surface area contributed by atoms with Crippen LogP contribution in [0.4, 0.5) is 4.79 Å². The highest BCUT2D eigenvalue weighted by molar-refractivity contribution is 7.47. The van der Waals surface area contributed by atoms with Crippen LogP contribution in [-0.4, -0.2) is 293 Å². The molecule has 39 heteroatoms. The van der Waals surface area contributed by atoms with Crippen molar-refractivity contribution in [3.05, 3.63) is 12.7 Å². The fourth-order valence-electron chi connectivity index (χ4n) is 11.0. The molecule has 0 aromatic carbocycles. The second-order valence-corrected chi connectivity index (χ2v) is 24.5. The van der Waals surface area contributed by atoms with Gasteiger partial charge in [0, 0.05) is 19.8 Å². The number of carboxylic acids is 1. The van der Waals surface area contributed by atoms with Crippen molar-refractivity contribution in [3.8, 4) is 0 Å². The van der Waals surface area contributed by atoms with Crippen LogP contribution in [-0.2, 0) is 89.7 Å². The van der Waals surface area contributed by atoms with Crippen LogP contribution in [0.3, 0.4) is 0 Å². The van der Waals surface area contributed by atoms with Crippen LogP contribution in [0.15, 0.2) is 12.7 Å². The number of aliphatic hydroxyl groups is 11. The average molecular weight is 1360 g/mol. The van der Waals surface area contributed by atoms with E-state index in [9.17, 15) is 99.5 Å². The number of primary amides is 3. The van der Waals surface area contributed by atoms with Crippen molar-refractivity contribution in [2.45, 2.75) is 251 Å². The van der Waals surface area contributed by atoms with Crippen LogP contribution < -0.4 is 27.8 Å². The number of nitrogens with one attached hydrogen (secondary N) is 2. The SMILES string of the molecule is C=CC(CCCCCCCCC)C(O)CO[C@H](COP(=O)(O)O[C@H]1O[C@H](C(N)=O)[C@@](C)(O)[C@H](OC(N)=O)[C@H]1O[C@@H]1O[C@H](CO[C@@H]2O[C@H](CO)[C@@H](O)[C@H](O)[C@H]2O)[C@@H](O[C@@H]2O[C@H](C)[C@@H](O[C@@H]3O[C@H](C(N)=O)[C@H](O)[C@H](O)[C@H]3O)[C@H](O)[C@H]2NC(C)=O)[C@H](O)[C@H]1NC(C)=O)C(=O)O. The maximum atomic E-state index is 14.0. The standard InChI is InChI=1S/C53H90N5O33P/c1-7-9-10-11-12-13-14-15-23(8-2)24(62)17-79-27(46(73)74)19-81-92(77,78)91-51-41(42(90-52(56)75)53(6,76)43(89-51)45(55)72)88-48-29(58-22(5)61)32(65)39(26(84-48)18-80-49-36(69)33(66)30(63)25(16-59)83-49)86-47-28(57-21(4)60)31(64)38(20(3)82-47)85-50-37(70)34(67)35(68)40(87-50)44(54)71/h8,20,23-43,47-51,59,62-70,76H,2,7,9-19H2,1,3-6H3,(H2,54,71)(H2,55,72)(H2,56,75)(H,57,60)(H,58,61)(H,73,74)(H,77,78)/t20-,23?,24?,25-,26-,27-,28-,29-,30-,31-,32-,33+,34+,35-,36-,37-,38-,39-,40+,41-,42-,43-,47+,48+,49-,50-,51-,53+/m1/s1. The largest absolute Gasteiger partial charge is 0.479 e. The third-order valence-corrected chi connectivity index (χ3v) is 16.9. The number of hydrogen-bond acceptors (Lipinski definition) is 31. The van der Waals surface area contributed by atoms with E-state index in [1.807, 2.05) is 0 Å². The van der Waals surface area contributed by atoms with Crippen molar-refractivity contribution in [1.29, 1.82) is 0 Å². The molecule has 5 aliphatic rings. The van der Waals surface area contributed by atoms with Crippen LogP contribution in [0.2, 0.25) is 0 Å². The first-order chi connectivity index (χ1) is 43.1. The molecule has 0 bridgehead atoms. The summed E-state index contributed by atoms with van der Waals surface area (Å²) in [6, 6.07) is -3.92. The minimum absolute atomic E-state index is 0.467. The van der Waals surface area contributed by atoms with Gasteiger partial charge in [-0.25, -0.2) is 14.2 Å². The Morgan fingerprint density at radius 3 is 1.77 bits per heavy atom. The third-order valence-electron chi connectivity index (χ3n) is 16.0. The Labute approximate surface area is 526 Å². The van der Waals surface area contributed by atoms with Gasteiger partial charge in [-0.1, -0.05) is 57.9 Å². The molecular weight excluding hydrogens is 1270 g/mol. The first-order valence-corrected chi connectivity index (χ1v) is 31.1. The quantitative estimate of drug-likeness (QED) is 0.0162. The van der Waals surface area contributed by atoms with Gasteiger partial charge >= 0.3 is 19.9 Å². The molecule has 5 amide bonds. The van der Waals surface area contributed by atoms with E-state index in [4.69, 9.17) is 78.4 Å². The van der Waals surface area contributed by atoms with Gasteiger partial charge in [-0.3, -0.25) is 28.2 Å². The Hall–Kier alpha value is -4.37. The summed E-state index contributed by atoms with van der Waals surface area (Å²) in [7, 11) is -5.86. The van der Waals surface area contributed by atoms with Gasteiger partial charge in [0.15, 0.2) is 62.0 Å².